The van der Waals surface area contributed by atoms with Crippen LogP contribution < -0.4 is 5.32 Å². The number of halogens is 3. The van der Waals surface area contributed by atoms with E-state index in [0.29, 0.717) is 18.2 Å². The Kier molecular flexibility index (Phi) is 8.69. The first kappa shape index (κ1) is 26.4. The summed E-state index contributed by atoms with van der Waals surface area (Å²) in [5, 5.41) is 9.76. The maximum atomic E-state index is 12.9. The highest BCUT2D eigenvalue weighted by Gasteiger charge is 2.33. The Morgan fingerprint density at radius 1 is 1.33 bits per heavy atom. The van der Waals surface area contributed by atoms with Crippen molar-refractivity contribution in [3.05, 3.63) is 35.3 Å². The summed E-state index contributed by atoms with van der Waals surface area (Å²) in [7, 11) is 0.0822. The van der Waals surface area contributed by atoms with Crippen molar-refractivity contribution < 1.29 is 31.1 Å². The number of hydrogen-bond donors (Lipinski definition) is 2. The molecule has 2 rings (SSSR count). The van der Waals surface area contributed by atoms with Crippen LogP contribution >= 0.6 is 11.5 Å². The van der Waals surface area contributed by atoms with Gasteiger partial charge in [-0.05, 0) is 43.8 Å². The number of aromatic nitrogens is 2. The molecule has 2 aromatic rings. The lowest BCUT2D eigenvalue weighted by Crippen LogP contribution is -2.28. The third-order valence-electron chi connectivity index (χ3n) is 4.00. The van der Waals surface area contributed by atoms with Crippen LogP contribution in [0.1, 0.15) is 5.01 Å². The average Bonchev–Trinajstić information content (AvgIpc) is 3.19. The molecule has 0 aliphatic carbocycles. The van der Waals surface area contributed by atoms with Gasteiger partial charge in [-0.3, -0.25) is 10.2 Å². The monoisotopic (exact) mass is 505 g/mol. The molecule has 33 heavy (non-hydrogen) atoms. The first-order chi connectivity index (χ1) is 15.3. The van der Waals surface area contributed by atoms with Crippen molar-refractivity contribution in [3.8, 4) is 11.4 Å². The molecule has 0 unspecified atom stereocenters. The van der Waals surface area contributed by atoms with Crippen LogP contribution in [0.15, 0.2) is 35.2 Å². The van der Waals surface area contributed by atoms with Crippen LogP contribution in [0.2, 0.25) is 0 Å². The van der Waals surface area contributed by atoms with Gasteiger partial charge in [-0.15, -0.1) is 0 Å². The van der Waals surface area contributed by atoms with Gasteiger partial charge in [0, 0.05) is 18.4 Å². The molecule has 0 saturated carbocycles. The van der Waals surface area contributed by atoms with Crippen LogP contribution in [0.3, 0.4) is 0 Å². The zero-order chi connectivity index (χ0) is 24.8. The molecule has 1 aromatic carbocycles. The summed E-state index contributed by atoms with van der Waals surface area (Å²) < 4.78 is 71.3. The van der Waals surface area contributed by atoms with Crippen molar-refractivity contribution >= 4 is 38.7 Å². The summed E-state index contributed by atoms with van der Waals surface area (Å²) in [6, 6.07) is 5.78. The molecule has 0 spiro atoms. The standard InChI is InChI=1S/C19H22F3N5O4S2/c1-27(2)7-8-31-16(28)11-24-14(10-15(23)19(20,21)22)18-25-17(26-32-18)12-5-4-6-13(9-12)33(3,29)30/h4-6,9-10,23-24H,7-8,11H2,1-3H3/b14-10-,23-15?. The van der Waals surface area contributed by atoms with Crippen LogP contribution in [0.4, 0.5) is 13.2 Å². The Hall–Kier alpha value is -2.84. The summed E-state index contributed by atoms with van der Waals surface area (Å²) >= 11 is 0.728. The van der Waals surface area contributed by atoms with Gasteiger partial charge in [0.05, 0.1) is 10.6 Å². The highest BCUT2D eigenvalue weighted by atomic mass is 32.2. The van der Waals surface area contributed by atoms with E-state index in [-0.39, 0.29) is 28.0 Å². The largest absolute Gasteiger partial charge is 0.463 e. The zero-order valence-electron chi connectivity index (χ0n) is 17.9. The maximum Gasteiger partial charge on any atom is 0.432 e. The number of likely N-dealkylation sites (N-methyl/N-ethyl adjacent to an activating group) is 1. The highest BCUT2D eigenvalue weighted by molar-refractivity contribution is 7.90. The number of rotatable bonds is 10. The number of nitrogens with zero attached hydrogens (tertiary/aromatic N) is 3. The van der Waals surface area contributed by atoms with Crippen LogP contribution in [-0.4, -0.2) is 80.6 Å². The Balaban J connectivity index is 2.28. The molecule has 1 heterocycles. The molecule has 180 valence electrons. The maximum absolute atomic E-state index is 12.9. The minimum atomic E-state index is -4.91. The fourth-order valence-electron chi connectivity index (χ4n) is 2.29. The van der Waals surface area contributed by atoms with E-state index in [1.165, 1.54) is 18.2 Å². The third-order valence-corrected chi connectivity index (χ3v) is 5.85. The lowest BCUT2D eigenvalue weighted by atomic mass is 10.2. The summed E-state index contributed by atoms with van der Waals surface area (Å²) in [4.78, 5) is 17.9. The van der Waals surface area contributed by atoms with Crippen LogP contribution in [-0.2, 0) is 19.4 Å². The molecule has 9 nitrogen and oxygen atoms in total. The van der Waals surface area contributed by atoms with E-state index >= 15 is 0 Å². The van der Waals surface area contributed by atoms with Gasteiger partial charge in [-0.2, -0.15) is 17.5 Å². The second-order valence-corrected chi connectivity index (χ2v) is 9.84. The van der Waals surface area contributed by atoms with Gasteiger partial charge in [0.2, 0.25) is 0 Å². The van der Waals surface area contributed by atoms with Gasteiger partial charge in [0.15, 0.2) is 20.7 Å². The molecule has 14 heteroatoms. The van der Waals surface area contributed by atoms with Crippen molar-refractivity contribution in [2.45, 2.75) is 11.1 Å². The molecule has 0 amide bonds. The lowest BCUT2D eigenvalue weighted by Gasteiger charge is -2.12. The number of hydrogen-bond acceptors (Lipinski definition) is 10. The fourth-order valence-corrected chi connectivity index (χ4v) is 3.63. The summed E-state index contributed by atoms with van der Waals surface area (Å²) in [5.74, 6) is -0.618. The number of esters is 1. The number of benzene rings is 1. The van der Waals surface area contributed by atoms with Crippen molar-refractivity contribution in [1.29, 1.82) is 5.41 Å². The topological polar surface area (TPSA) is 125 Å². The second-order valence-electron chi connectivity index (χ2n) is 7.07. The molecule has 0 aliphatic heterocycles. The number of alkyl halides is 3. The van der Waals surface area contributed by atoms with Crippen molar-refractivity contribution in [2.24, 2.45) is 0 Å². The number of ether oxygens (including phenoxy) is 1. The number of sulfone groups is 1. The molecule has 0 radical (unpaired) electrons. The number of allylic oxidation sites excluding steroid dienone is 1. The third kappa shape index (κ3) is 8.22. The normalized spacial score (nSPS) is 12.6. The molecule has 0 saturated heterocycles. The molecule has 0 aliphatic rings. The molecule has 2 N–H and O–H groups in total. The molecular weight excluding hydrogens is 483 g/mol. The second kappa shape index (κ2) is 10.9. The molecule has 0 bridgehead atoms. The van der Waals surface area contributed by atoms with E-state index in [2.05, 4.69) is 14.7 Å². The molecule has 1 aromatic heterocycles. The minimum absolute atomic E-state index is 0.0233. The van der Waals surface area contributed by atoms with Gasteiger partial charge in [-0.1, -0.05) is 12.1 Å². The summed E-state index contributed by atoms with van der Waals surface area (Å²) in [6.45, 7) is 0.118. The van der Waals surface area contributed by atoms with Gasteiger partial charge in [0.25, 0.3) is 0 Å². The first-order valence-corrected chi connectivity index (χ1v) is 12.0. The predicted octanol–water partition coefficient (Wildman–Crippen LogP) is 2.23. The first-order valence-electron chi connectivity index (χ1n) is 9.33. The van der Waals surface area contributed by atoms with Crippen LogP contribution in [0.5, 0.6) is 0 Å². The lowest BCUT2D eigenvalue weighted by molar-refractivity contribution is -0.142. The van der Waals surface area contributed by atoms with Gasteiger partial charge in [-0.25, -0.2) is 13.4 Å². The number of carbonyl (C=O) groups excluding carboxylic acids is 1. The Morgan fingerprint density at radius 2 is 2.03 bits per heavy atom. The van der Waals surface area contributed by atoms with E-state index in [1.807, 2.05) is 0 Å². The van der Waals surface area contributed by atoms with E-state index < -0.39 is 34.2 Å². The molecular formula is C19H22F3N5O4S2. The Labute approximate surface area is 192 Å². The number of carbonyl (C=O) groups is 1. The number of nitrogens with one attached hydrogen (secondary N) is 2. The van der Waals surface area contributed by atoms with Gasteiger partial charge >= 0.3 is 12.1 Å². The van der Waals surface area contributed by atoms with Gasteiger partial charge in [0.1, 0.15) is 18.9 Å². The molecule has 0 atom stereocenters. The smallest absolute Gasteiger partial charge is 0.432 e. The highest BCUT2D eigenvalue weighted by Crippen LogP contribution is 2.25. The van der Waals surface area contributed by atoms with E-state index in [9.17, 15) is 26.4 Å². The van der Waals surface area contributed by atoms with E-state index in [0.717, 1.165) is 17.8 Å². The zero-order valence-corrected chi connectivity index (χ0v) is 19.6. The van der Waals surface area contributed by atoms with E-state index in [1.54, 1.807) is 25.1 Å². The van der Waals surface area contributed by atoms with Gasteiger partial charge < -0.3 is 15.0 Å². The van der Waals surface area contributed by atoms with Crippen LogP contribution in [0, 0.1) is 5.41 Å². The van der Waals surface area contributed by atoms with Crippen molar-refractivity contribution in [2.75, 3.05) is 40.0 Å². The molecule has 0 fully saturated rings. The summed E-state index contributed by atoms with van der Waals surface area (Å²) in [5.41, 5.74) is -1.56. The Bertz CT molecular complexity index is 1140. The fraction of sp³-hybridized carbons (Fsp3) is 0.368. The van der Waals surface area contributed by atoms with Crippen molar-refractivity contribution in [3.63, 3.8) is 0 Å². The Morgan fingerprint density at radius 3 is 2.64 bits per heavy atom. The SMILES string of the molecule is CN(C)CCOC(=O)CN/C(=C\C(=N)C(F)(F)F)c1nc(-c2cccc(S(C)(=O)=O)c2)ns1. The van der Waals surface area contributed by atoms with Crippen LogP contribution in [0.25, 0.3) is 17.1 Å². The summed E-state index contributed by atoms with van der Waals surface area (Å²) in [6.07, 6.45) is -3.36. The average molecular weight is 506 g/mol. The van der Waals surface area contributed by atoms with Crippen molar-refractivity contribution in [1.82, 2.24) is 19.6 Å². The minimum Gasteiger partial charge on any atom is -0.463 e. The predicted molar refractivity (Wildman–Crippen MR) is 118 cm³/mol. The quantitative estimate of drug-likeness (QED) is 0.372. The van der Waals surface area contributed by atoms with E-state index in [4.69, 9.17) is 10.1 Å².